The van der Waals surface area contributed by atoms with Crippen LogP contribution in [0.2, 0.25) is 0 Å². The molecule has 0 bridgehead atoms. The molecule has 0 saturated heterocycles. The van der Waals surface area contributed by atoms with E-state index in [-0.39, 0.29) is 12.5 Å². The standard InChI is InChI=1S/C11H13N3O2/c1-8(13)11(15)14-9-3-2-4-10(7-9)16-6-5-12/h2-4,7-8H,6,13H2,1H3,(H,14,15). The van der Waals surface area contributed by atoms with Crippen molar-refractivity contribution in [2.75, 3.05) is 11.9 Å². The van der Waals surface area contributed by atoms with Crippen molar-refractivity contribution in [3.8, 4) is 11.8 Å². The largest absolute Gasteiger partial charge is 0.479 e. The second kappa shape index (κ2) is 5.73. The van der Waals surface area contributed by atoms with E-state index in [0.717, 1.165) is 0 Å². The highest BCUT2D eigenvalue weighted by molar-refractivity contribution is 5.94. The first-order valence-electron chi connectivity index (χ1n) is 4.79. The monoisotopic (exact) mass is 219 g/mol. The molecule has 84 valence electrons. The first-order valence-corrected chi connectivity index (χ1v) is 4.79. The number of nitrogens with two attached hydrogens (primary N) is 1. The van der Waals surface area contributed by atoms with Crippen molar-refractivity contribution in [2.24, 2.45) is 5.73 Å². The number of anilines is 1. The summed E-state index contributed by atoms with van der Waals surface area (Å²) in [6, 6.07) is 8.09. The minimum Gasteiger partial charge on any atom is -0.479 e. The van der Waals surface area contributed by atoms with E-state index in [1.54, 1.807) is 31.2 Å². The molecule has 0 aliphatic carbocycles. The number of ether oxygens (including phenoxy) is 1. The quantitative estimate of drug-likeness (QED) is 0.786. The van der Waals surface area contributed by atoms with Crippen LogP contribution in [0.4, 0.5) is 5.69 Å². The van der Waals surface area contributed by atoms with Crippen LogP contribution < -0.4 is 15.8 Å². The first kappa shape index (κ1) is 12.0. The Kier molecular flexibility index (Phi) is 4.30. The lowest BCUT2D eigenvalue weighted by Crippen LogP contribution is -2.32. The third-order valence-corrected chi connectivity index (χ3v) is 1.82. The van der Waals surface area contributed by atoms with Gasteiger partial charge in [0.05, 0.1) is 6.04 Å². The predicted octanol–water partition coefficient (Wildman–Crippen LogP) is 0.875. The summed E-state index contributed by atoms with van der Waals surface area (Å²) in [4.78, 5) is 11.3. The smallest absolute Gasteiger partial charge is 0.241 e. The van der Waals surface area contributed by atoms with Crippen LogP contribution in [0.25, 0.3) is 0 Å². The molecule has 0 heterocycles. The number of hydrogen-bond donors (Lipinski definition) is 2. The molecule has 0 aliphatic heterocycles. The lowest BCUT2D eigenvalue weighted by Gasteiger charge is -2.09. The minimum atomic E-state index is -0.566. The number of carbonyl (C=O) groups is 1. The molecular formula is C11H13N3O2. The topological polar surface area (TPSA) is 88.1 Å². The predicted molar refractivity (Wildman–Crippen MR) is 59.8 cm³/mol. The number of hydrogen-bond acceptors (Lipinski definition) is 4. The zero-order valence-corrected chi connectivity index (χ0v) is 8.93. The van der Waals surface area contributed by atoms with Gasteiger partial charge in [0, 0.05) is 11.8 Å². The van der Waals surface area contributed by atoms with E-state index >= 15 is 0 Å². The van der Waals surface area contributed by atoms with Crippen LogP contribution in [0, 0.1) is 11.3 Å². The molecule has 0 fully saturated rings. The molecule has 1 rings (SSSR count). The summed E-state index contributed by atoms with van der Waals surface area (Å²) in [6.45, 7) is 1.58. The van der Waals surface area contributed by atoms with Gasteiger partial charge in [-0.2, -0.15) is 5.26 Å². The molecule has 0 radical (unpaired) electrons. The fourth-order valence-corrected chi connectivity index (χ4v) is 1.04. The SMILES string of the molecule is CC(N)C(=O)Nc1cccc(OCC#N)c1. The van der Waals surface area contributed by atoms with Gasteiger partial charge in [-0.05, 0) is 19.1 Å². The van der Waals surface area contributed by atoms with E-state index in [1.807, 2.05) is 6.07 Å². The van der Waals surface area contributed by atoms with Crippen LogP contribution in [0.3, 0.4) is 0 Å². The molecule has 0 spiro atoms. The highest BCUT2D eigenvalue weighted by Crippen LogP contribution is 2.17. The Morgan fingerprint density at radius 3 is 3.06 bits per heavy atom. The number of rotatable bonds is 4. The van der Waals surface area contributed by atoms with E-state index in [9.17, 15) is 4.79 Å². The van der Waals surface area contributed by atoms with E-state index in [1.165, 1.54) is 0 Å². The molecule has 0 aromatic heterocycles. The Balaban J connectivity index is 2.68. The molecule has 16 heavy (non-hydrogen) atoms. The molecule has 1 unspecified atom stereocenters. The number of nitrogens with zero attached hydrogens (tertiary/aromatic N) is 1. The van der Waals surface area contributed by atoms with Crippen LogP contribution in [0.1, 0.15) is 6.92 Å². The van der Waals surface area contributed by atoms with Crippen molar-refractivity contribution in [1.82, 2.24) is 0 Å². The summed E-state index contributed by atoms with van der Waals surface area (Å²) in [6.07, 6.45) is 0. The van der Waals surface area contributed by atoms with Crippen LogP contribution in [0.5, 0.6) is 5.75 Å². The van der Waals surface area contributed by atoms with Gasteiger partial charge in [0.1, 0.15) is 11.8 Å². The van der Waals surface area contributed by atoms with E-state index < -0.39 is 6.04 Å². The highest BCUT2D eigenvalue weighted by Gasteiger charge is 2.07. The highest BCUT2D eigenvalue weighted by atomic mass is 16.5. The molecule has 1 aromatic carbocycles. The lowest BCUT2D eigenvalue weighted by molar-refractivity contribution is -0.117. The number of carbonyl (C=O) groups excluding carboxylic acids is 1. The van der Waals surface area contributed by atoms with Gasteiger partial charge in [0.25, 0.3) is 0 Å². The van der Waals surface area contributed by atoms with Crippen LogP contribution in [-0.2, 0) is 4.79 Å². The summed E-state index contributed by atoms with van der Waals surface area (Å²) in [5.74, 6) is 0.265. The van der Waals surface area contributed by atoms with Crippen molar-refractivity contribution in [2.45, 2.75) is 13.0 Å². The van der Waals surface area contributed by atoms with Gasteiger partial charge in [-0.15, -0.1) is 0 Å². The van der Waals surface area contributed by atoms with Crippen LogP contribution in [-0.4, -0.2) is 18.6 Å². The average Bonchev–Trinajstić information content (AvgIpc) is 2.26. The second-order valence-electron chi connectivity index (χ2n) is 3.25. The Bertz CT molecular complexity index is 410. The van der Waals surface area contributed by atoms with Crippen LogP contribution in [0.15, 0.2) is 24.3 Å². The summed E-state index contributed by atoms with van der Waals surface area (Å²) in [7, 11) is 0. The van der Waals surface area contributed by atoms with Gasteiger partial charge in [-0.1, -0.05) is 6.07 Å². The molecule has 0 saturated carbocycles. The molecular weight excluding hydrogens is 206 g/mol. The molecule has 1 atom stereocenters. The number of nitrogens with one attached hydrogen (secondary N) is 1. The molecule has 0 aliphatic rings. The van der Waals surface area contributed by atoms with Crippen molar-refractivity contribution in [1.29, 1.82) is 5.26 Å². The fraction of sp³-hybridized carbons (Fsp3) is 0.273. The first-order chi connectivity index (χ1) is 7.63. The third-order valence-electron chi connectivity index (χ3n) is 1.82. The second-order valence-corrected chi connectivity index (χ2v) is 3.25. The van der Waals surface area contributed by atoms with Crippen molar-refractivity contribution >= 4 is 11.6 Å². The Morgan fingerprint density at radius 2 is 2.44 bits per heavy atom. The van der Waals surface area contributed by atoms with E-state index in [0.29, 0.717) is 11.4 Å². The Hall–Kier alpha value is -2.06. The zero-order valence-electron chi connectivity index (χ0n) is 8.93. The van der Waals surface area contributed by atoms with Gasteiger partial charge < -0.3 is 15.8 Å². The maximum Gasteiger partial charge on any atom is 0.241 e. The Labute approximate surface area is 93.8 Å². The van der Waals surface area contributed by atoms with Gasteiger partial charge >= 0.3 is 0 Å². The number of benzene rings is 1. The summed E-state index contributed by atoms with van der Waals surface area (Å²) < 4.78 is 5.09. The average molecular weight is 219 g/mol. The number of nitriles is 1. The summed E-state index contributed by atoms with van der Waals surface area (Å²) in [5.41, 5.74) is 6.01. The van der Waals surface area contributed by atoms with Gasteiger partial charge in [0.2, 0.25) is 5.91 Å². The summed E-state index contributed by atoms with van der Waals surface area (Å²) >= 11 is 0. The Morgan fingerprint density at radius 1 is 1.69 bits per heavy atom. The molecule has 5 nitrogen and oxygen atoms in total. The van der Waals surface area contributed by atoms with Crippen molar-refractivity contribution < 1.29 is 9.53 Å². The molecule has 1 amide bonds. The van der Waals surface area contributed by atoms with Gasteiger partial charge in [-0.3, -0.25) is 4.79 Å². The maximum absolute atomic E-state index is 11.3. The number of amides is 1. The van der Waals surface area contributed by atoms with E-state index in [2.05, 4.69) is 5.32 Å². The van der Waals surface area contributed by atoms with E-state index in [4.69, 9.17) is 15.7 Å². The fourth-order valence-electron chi connectivity index (χ4n) is 1.04. The van der Waals surface area contributed by atoms with Crippen LogP contribution >= 0.6 is 0 Å². The lowest BCUT2D eigenvalue weighted by atomic mass is 10.2. The van der Waals surface area contributed by atoms with Crippen molar-refractivity contribution in [3.05, 3.63) is 24.3 Å². The normalized spacial score (nSPS) is 11.3. The van der Waals surface area contributed by atoms with Crippen molar-refractivity contribution in [3.63, 3.8) is 0 Å². The zero-order chi connectivity index (χ0) is 12.0. The van der Waals surface area contributed by atoms with Gasteiger partial charge in [-0.25, -0.2) is 0 Å². The summed E-state index contributed by atoms with van der Waals surface area (Å²) in [5, 5.41) is 11.0. The molecule has 5 heteroatoms. The van der Waals surface area contributed by atoms with Gasteiger partial charge in [0.15, 0.2) is 6.61 Å². The molecule has 3 N–H and O–H groups in total. The third kappa shape index (κ3) is 3.59. The maximum atomic E-state index is 11.3. The molecule has 1 aromatic rings. The minimum absolute atomic E-state index is 0.0231.